The molecule has 0 fully saturated rings. The number of hydrogen-bond donors (Lipinski definition) is 1. The zero-order valence-electron chi connectivity index (χ0n) is 13.8. The van der Waals surface area contributed by atoms with Crippen molar-refractivity contribution in [1.29, 1.82) is 0 Å². The van der Waals surface area contributed by atoms with Crippen LogP contribution in [0.15, 0.2) is 48.5 Å². The molecule has 1 aliphatic heterocycles. The van der Waals surface area contributed by atoms with Gasteiger partial charge in [-0.3, -0.25) is 19.7 Å². The summed E-state index contributed by atoms with van der Waals surface area (Å²) in [6.07, 6.45) is 2.88. The van der Waals surface area contributed by atoms with Crippen LogP contribution < -0.4 is 15.0 Å². The number of ether oxygens (including phenoxy) is 1. The van der Waals surface area contributed by atoms with Gasteiger partial charge in [-0.2, -0.15) is 0 Å². The fourth-order valence-corrected chi connectivity index (χ4v) is 2.41. The van der Waals surface area contributed by atoms with E-state index in [0.717, 1.165) is 0 Å². The Balaban J connectivity index is 1.68. The number of carbonyl (C=O) groups is 2. The maximum absolute atomic E-state index is 12.1. The maximum Gasteiger partial charge on any atom is 0.269 e. The third-order valence-corrected chi connectivity index (χ3v) is 3.84. The van der Waals surface area contributed by atoms with Crippen LogP contribution in [0, 0.1) is 10.1 Å². The van der Waals surface area contributed by atoms with Crippen LogP contribution in [0.4, 0.5) is 17.1 Å². The Morgan fingerprint density at radius 3 is 2.69 bits per heavy atom. The summed E-state index contributed by atoms with van der Waals surface area (Å²) >= 11 is 0. The van der Waals surface area contributed by atoms with Crippen molar-refractivity contribution in [3.8, 4) is 5.75 Å². The second-order valence-electron chi connectivity index (χ2n) is 5.60. The number of nitro groups is 1. The van der Waals surface area contributed by atoms with Gasteiger partial charge in [0, 0.05) is 30.9 Å². The molecule has 0 radical (unpaired) electrons. The number of rotatable bonds is 4. The molecule has 1 N–H and O–H groups in total. The molecule has 0 aromatic heterocycles. The molecule has 132 valence electrons. The molecule has 1 heterocycles. The Kier molecular flexibility index (Phi) is 4.66. The van der Waals surface area contributed by atoms with Gasteiger partial charge in [0.25, 0.3) is 11.6 Å². The van der Waals surface area contributed by atoms with Crippen LogP contribution in [0.3, 0.4) is 0 Å². The molecule has 2 aromatic rings. The highest BCUT2D eigenvalue weighted by Crippen LogP contribution is 2.33. The van der Waals surface area contributed by atoms with Gasteiger partial charge < -0.3 is 15.0 Å². The molecular formula is C18H15N3O5. The zero-order valence-corrected chi connectivity index (χ0v) is 13.8. The topological polar surface area (TPSA) is 102 Å². The quantitative estimate of drug-likeness (QED) is 0.517. The summed E-state index contributed by atoms with van der Waals surface area (Å²) in [6, 6.07) is 10.9. The van der Waals surface area contributed by atoms with Gasteiger partial charge in [0.15, 0.2) is 6.61 Å². The van der Waals surface area contributed by atoms with Gasteiger partial charge in [-0.05, 0) is 42.0 Å². The largest absolute Gasteiger partial charge is 0.482 e. The first-order chi connectivity index (χ1) is 12.4. The number of amides is 2. The minimum Gasteiger partial charge on any atom is -0.482 e. The summed E-state index contributed by atoms with van der Waals surface area (Å²) in [5, 5.41) is 13.3. The van der Waals surface area contributed by atoms with Gasteiger partial charge in [-0.25, -0.2) is 0 Å². The third-order valence-electron chi connectivity index (χ3n) is 3.84. The molecule has 26 heavy (non-hydrogen) atoms. The maximum atomic E-state index is 12.1. The highest BCUT2D eigenvalue weighted by molar-refractivity contribution is 6.03. The Morgan fingerprint density at radius 2 is 2.00 bits per heavy atom. The molecule has 0 unspecified atom stereocenters. The molecule has 1 aliphatic rings. The molecule has 2 aromatic carbocycles. The molecule has 0 spiro atoms. The van der Waals surface area contributed by atoms with E-state index in [9.17, 15) is 19.7 Å². The second kappa shape index (κ2) is 7.06. The van der Waals surface area contributed by atoms with Gasteiger partial charge in [-0.1, -0.05) is 0 Å². The number of carbonyl (C=O) groups excluding carboxylic acids is 2. The minimum absolute atomic E-state index is 0.00676. The van der Waals surface area contributed by atoms with Crippen LogP contribution in [0.5, 0.6) is 5.75 Å². The van der Waals surface area contributed by atoms with Crippen LogP contribution in [-0.4, -0.2) is 30.4 Å². The van der Waals surface area contributed by atoms with Crippen molar-refractivity contribution in [2.75, 3.05) is 23.9 Å². The van der Waals surface area contributed by atoms with E-state index in [-0.39, 0.29) is 24.1 Å². The molecule has 0 bridgehead atoms. The lowest BCUT2D eigenvalue weighted by Gasteiger charge is -2.26. The lowest BCUT2D eigenvalue weighted by atomic mass is 10.2. The number of nitro benzene ring substituents is 1. The summed E-state index contributed by atoms with van der Waals surface area (Å²) in [5.74, 6) is 0.0413. The first kappa shape index (κ1) is 17.2. The molecule has 3 rings (SSSR count). The van der Waals surface area contributed by atoms with E-state index in [4.69, 9.17) is 4.74 Å². The van der Waals surface area contributed by atoms with Crippen LogP contribution in [-0.2, 0) is 9.59 Å². The highest BCUT2D eigenvalue weighted by Gasteiger charge is 2.22. The summed E-state index contributed by atoms with van der Waals surface area (Å²) in [6.45, 7) is -0.00676. The summed E-state index contributed by atoms with van der Waals surface area (Å²) in [5.41, 5.74) is 1.75. The normalized spacial score (nSPS) is 13.3. The van der Waals surface area contributed by atoms with Crippen molar-refractivity contribution in [1.82, 2.24) is 0 Å². The number of anilines is 2. The van der Waals surface area contributed by atoms with Crippen LogP contribution >= 0.6 is 0 Å². The Morgan fingerprint density at radius 1 is 1.27 bits per heavy atom. The molecule has 0 saturated carbocycles. The van der Waals surface area contributed by atoms with Crippen molar-refractivity contribution in [2.24, 2.45) is 0 Å². The molecule has 0 atom stereocenters. The number of fused-ring (bicyclic) bond motifs is 1. The monoisotopic (exact) mass is 353 g/mol. The first-order valence-corrected chi connectivity index (χ1v) is 7.71. The van der Waals surface area contributed by atoms with E-state index in [1.165, 1.54) is 23.1 Å². The molecule has 0 aliphatic carbocycles. The standard InChI is InChI=1S/C18H15N3O5/c1-20-15-10-13(5-8-16(15)26-11-18(20)23)19-17(22)9-4-12-2-6-14(7-3-12)21(24)25/h2-10H,11H2,1H3,(H,19,22)/b9-4+. The van der Waals surface area contributed by atoms with Crippen LogP contribution in [0.1, 0.15) is 5.56 Å². The fourth-order valence-electron chi connectivity index (χ4n) is 2.41. The molecule has 8 nitrogen and oxygen atoms in total. The molecular weight excluding hydrogens is 338 g/mol. The summed E-state index contributed by atoms with van der Waals surface area (Å²) in [7, 11) is 1.64. The van der Waals surface area contributed by atoms with E-state index in [1.807, 2.05) is 0 Å². The second-order valence-corrected chi connectivity index (χ2v) is 5.60. The number of hydrogen-bond acceptors (Lipinski definition) is 5. The predicted molar refractivity (Wildman–Crippen MR) is 96.1 cm³/mol. The fraction of sp³-hybridized carbons (Fsp3) is 0.111. The van der Waals surface area contributed by atoms with Gasteiger partial charge in [-0.15, -0.1) is 0 Å². The number of nitrogens with one attached hydrogen (secondary N) is 1. The van der Waals surface area contributed by atoms with Crippen LogP contribution in [0.25, 0.3) is 6.08 Å². The SMILES string of the molecule is CN1C(=O)COc2ccc(NC(=O)/C=C/c3ccc([N+](=O)[O-])cc3)cc21. The first-order valence-electron chi connectivity index (χ1n) is 7.71. The number of likely N-dealkylation sites (N-methyl/N-ethyl adjacent to an activating group) is 1. The zero-order chi connectivity index (χ0) is 18.7. The van der Waals surface area contributed by atoms with Crippen molar-refractivity contribution in [3.05, 3.63) is 64.2 Å². The van der Waals surface area contributed by atoms with Crippen molar-refractivity contribution in [3.63, 3.8) is 0 Å². The van der Waals surface area contributed by atoms with E-state index in [1.54, 1.807) is 43.5 Å². The van der Waals surface area contributed by atoms with E-state index >= 15 is 0 Å². The molecule has 2 amide bonds. The van der Waals surface area contributed by atoms with Gasteiger partial charge >= 0.3 is 0 Å². The van der Waals surface area contributed by atoms with E-state index < -0.39 is 4.92 Å². The third kappa shape index (κ3) is 3.69. The van der Waals surface area contributed by atoms with Crippen LogP contribution in [0.2, 0.25) is 0 Å². The van der Waals surface area contributed by atoms with Crippen molar-refractivity contribution >= 4 is 35.0 Å². The summed E-state index contributed by atoms with van der Waals surface area (Å²) in [4.78, 5) is 35.3. The van der Waals surface area contributed by atoms with E-state index in [0.29, 0.717) is 22.7 Å². The van der Waals surface area contributed by atoms with Crippen molar-refractivity contribution < 1.29 is 19.2 Å². The lowest BCUT2D eigenvalue weighted by molar-refractivity contribution is -0.384. The number of benzene rings is 2. The number of non-ortho nitro benzene ring substituents is 1. The van der Waals surface area contributed by atoms with Gasteiger partial charge in [0.2, 0.25) is 5.91 Å². The molecule has 0 saturated heterocycles. The smallest absolute Gasteiger partial charge is 0.269 e. The molecule has 8 heteroatoms. The summed E-state index contributed by atoms with van der Waals surface area (Å²) < 4.78 is 5.33. The Labute approximate surface area is 148 Å². The lowest BCUT2D eigenvalue weighted by Crippen LogP contribution is -2.35. The highest BCUT2D eigenvalue weighted by atomic mass is 16.6. The average molecular weight is 353 g/mol. The van der Waals surface area contributed by atoms with Crippen molar-refractivity contribution in [2.45, 2.75) is 0 Å². The van der Waals surface area contributed by atoms with Gasteiger partial charge in [0.05, 0.1) is 10.6 Å². The number of nitrogens with zero attached hydrogens (tertiary/aromatic N) is 2. The van der Waals surface area contributed by atoms with E-state index in [2.05, 4.69) is 5.32 Å². The van der Waals surface area contributed by atoms with Gasteiger partial charge in [0.1, 0.15) is 5.75 Å². The Bertz CT molecular complexity index is 906. The average Bonchev–Trinajstić information content (AvgIpc) is 2.64. The predicted octanol–water partition coefficient (Wildman–Crippen LogP) is 2.60. The minimum atomic E-state index is -0.484. The Hall–Kier alpha value is -3.68.